The molecule has 1 aromatic heterocycles. The van der Waals surface area contributed by atoms with Crippen LogP contribution in [0.15, 0.2) is 133 Å². The smallest absolute Gasteiger partial charge is 0.333 e. The summed E-state index contributed by atoms with van der Waals surface area (Å²) in [6.07, 6.45) is 0. The Morgan fingerprint density at radius 2 is 1.05 bits per heavy atom. The van der Waals surface area contributed by atoms with Crippen LogP contribution in [0.3, 0.4) is 0 Å². The fraction of sp³-hybridized carbons (Fsp3) is 0.276. The molecule has 0 atom stereocenters. The van der Waals surface area contributed by atoms with Crippen molar-refractivity contribution in [1.82, 2.24) is 4.57 Å². The number of hydrogen-bond acceptors (Lipinski definition) is 3. The first-order valence-electron chi connectivity index (χ1n) is 22.8. The molecule has 11 rings (SSSR count). The van der Waals surface area contributed by atoms with Gasteiger partial charge in [-0.2, -0.15) is 0 Å². The predicted molar refractivity (Wildman–Crippen MR) is 269 cm³/mol. The lowest BCUT2D eigenvalue weighted by Crippen LogP contribution is -2.62. The summed E-state index contributed by atoms with van der Waals surface area (Å²) in [6, 6.07) is 50.8. The number of aromatic nitrogens is 1. The van der Waals surface area contributed by atoms with Gasteiger partial charge in [0.1, 0.15) is 5.75 Å². The van der Waals surface area contributed by atoms with Gasteiger partial charge in [0.05, 0.1) is 28.1 Å². The van der Waals surface area contributed by atoms with Crippen LogP contribution >= 0.6 is 0 Å². The van der Waals surface area contributed by atoms with E-state index in [0.717, 1.165) is 34.2 Å². The van der Waals surface area contributed by atoms with E-state index in [2.05, 4.69) is 231 Å². The van der Waals surface area contributed by atoms with Gasteiger partial charge in [0.15, 0.2) is 5.75 Å². The molecule has 0 saturated carbocycles. The minimum atomic E-state index is -0.137. The number of hydrogen-bond donors (Lipinski definition) is 0. The van der Waals surface area contributed by atoms with E-state index in [4.69, 9.17) is 4.74 Å². The molecule has 4 heterocycles. The molecular weight excluding hydrogens is 765 g/mol. The van der Waals surface area contributed by atoms with Crippen molar-refractivity contribution < 1.29 is 4.74 Å². The first-order chi connectivity index (χ1) is 29.8. The summed E-state index contributed by atoms with van der Waals surface area (Å²) in [7, 11) is 0. The average Bonchev–Trinajstić information content (AvgIpc) is 3.57. The van der Waals surface area contributed by atoms with Gasteiger partial charge in [0, 0.05) is 33.4 Å². The molecule has 0 bridgehead atoms. The van der Waals surface area contributed by atoms with Gasteiger partial charge >= 0.3 is 6.85 Å². The standard InChI is InChI=1S/C58H58BN3O/c1-55(2,3)35-22-25-40(26-23-35)61-48-32-37(57(7,8)9)30-42-43-31-38(58(10,11)12)34-50-53(43)62(46-28-24-36(56(4,5)6)33-49(46)63-50)59(52(42)48)44-27-29-47-51(54(44)61)41-20-16-17-21-45(41)60(47)39-18-14-13-15-19-39/h13-34H,1-12H3. The Hall–Kier alpha value is -6.20. The molecule has 0 aliphatic carbocycles. The molecule has 314 valence electrons. The molecule has 0 unspecified atom stereocenters. The largest absolute Gasteiger partial charge is 0.453 e. The van der Waals surface area contributed by atoms with Gasteiger partial charge < -0.3 is 19.0 Å². The van der Waals surface area contributed by atoms with E-state index in [1.54, 1.807) is 0 Å². The lowest BCUT2D eigenvalue weighted by Gasteiger charge is -2.48. The van der Waals surface area contributed by atoms with Gasteiger partial charge in [0.25, 0.3) is 0 Å². The van der Waals surface area contributed by atoms with E-state index in [0.29, 0.717) is 0 Å². The Morgan fingerprint density at radius 1 is 0.444 bits per heavy atom. The SMILES string of the molecule is CC(C)(C)c1ccc(N2c3cc(C(C)(C)C)cc4c3B(c3ccc5c(c32)c2ccccc2n5-c2ccccc2)N2c3ccc(C(C)(C)C)cc3Oc3cc(C(C)(C)C)cc-4c32)cc1. The van der Waals surface area contributed by atoms with Crippen molar-refractivity contribution in [2.24, 2.45) is 0 Å². The summed E-state index contributed by atoms with van der Waals surface area (Å²) in [5, 5.41) is 2.50. The molecule has 4 nitrogen and oxygen atoms in total. The van der Waals surface area contributed by atoms with Crippen molar-refractivity contribution in [2.45, 2.75) is 105 Å². The van der Waals surface area contributed by atoms with Crippen molar-refractivity contribution in [2.75, 3.05) is 9.71 Å². The molecule has 5 heteroatoms. The van der Waals surface area contributed by atoms with Crippen molar-refractivity contribution in [1.29, 1.82) is 0 Å². The van der Waals surface area contributed by atoms with E-state index < -0.39 is 0 Å². The fourth-order valence-electron chi connectivity index (χ4n) is 10.4. The lowest BCUT2D eigenvalue weighted by molar-refractivity contribution is 0.470. The maximum Gasteiger partial charge on any atom is 0.333 e. The van der Waals surface area contributed by atoms with Crippen LogP contribution in [0.4, 0.5) is 28.4 Å². The maximum atomic E-state index is 7.19. The summed E-state index contributed by atoms with van der Waals surface area (Å²) in [4.78, 5) is 5.27. The highest BCUT2D eigenvalue weighted by atomic mass is 16.5. The fourth-order valence-corrected chi connectivity index (χ4v) is 10.4. The lowest BCUT2D eigenvalue weighted by atomic mass is 9.43. The van der Waals surface area contributed by atoms with Crippen LogP contribution in [-0.4, -0.2) is 11.4 Å². The van der Waals surface area contributed by atoms with Crippen LogP contribution < -0.4 is 25.4 Å². The second-order valence-corrected chi connectivity index (χ2v) is 22.4. The quantitative estimate of drug-likeness (QED) is 0.162. The molecule has 0 spiro atoms. The third kappa shape index (κ3) is 5.95. The topological polar surface area (TPSA) is 20.6 Å². The molecule has 3 aliphatic rings. The second kappa shape index (κ2) is 13.2. The van der Waals surface area contributed by atoms with Crippen LogP contribution in [0.1, 0.15) is 105 Å². The monoisotopic (exact) mass is 823 g/mol. The van der Waals surface area contributed by atoms with Gasteiger partial charge in [-0.05, 0) is 127 Å². The van der Waals surface area contributed by atoms with Gasteiger partial charge in [-0.1, -0.05) is 150 Å². The van der Waals surface area contributed by atoms with Crippen LogP contribution in [0.2, 0.25) is 0 Å². The Labute approximate surface area is 374 Å². The third-order valence-electron chi connectivity index (χ3n) is 13.9. The van der Waals surface area contributed by atoms with Crippen molar-refractivity contribution >= 4 is 68.0 Å². The molecule has 0 fully saturated rings. The molecule has 0 amide bonds. The van der Waals surface area contributed by atoms with Crippen molar-refractivity contribution in [3.05, 3.63) is 156 Å². The molecule has 8 aromatic rings. The summed E-state index contributed by atoms with van der Waals surface area (Å²) in [5.41, 5.74) is 19.4. The summed E-state index contributed by atoms with van der Waals surface area (Å²) < 4.78 is 9.65. The van der Waals surface area contributed by atoms with E-state index >= 15 is 0 Å². The molecular formula is C58H58BN3O. The van der Waals surface area contributed by atoms with Crippen LogP contribution in [0, 0.1) is 0 Å². The normalized spacial score (nSPS) is 14.4. The first-order valence-corrected chi connectivity index (χ1v) is 22.8. The number of nitrogens with zero attached hydrogens (tertiary/aromatic N) is 3. The van der Waals surface area contributed by atoms with Crippen molar-refractivity contribution in [3.63, 3.8) is 0 Å². The number of benzene rings is 7. The zero-order chi connectivity index (χ0) is 44.1. The summed E-state index contributed by atoms with van der Waals surface area (Å²) >= 11 is 0. The zero-order valence-corrected chi connectivity index (χ0v) is 39.0. The average molecular weight is 824 g/mol. The highest BCUT2D eigenvalue weighted by molar-refractivity contribution is 6.94. The molecule has 0 saturated heterocycles. The Balaban J connectivity index is 1.32. The third-order valence-corrected chi connectivity index (χ3v) is 13.9. The van der Waals surface area contributed by atoms with Crippen LogP contribution in [0.25, 0.3) is 38.6 Å². The number of fused-ring (bicyclic) bond motifs is 10. The molecule has 63 heavy (non-hydrogen) atoms. The second-order valence-electron chi connectivity index (χ2n) is 22.4. The summed E-state index contributed by atoms with van der Waals surface area (Å²) in [5.74, 6) is 1.83. The predicted octanol–water partition coefficient (Wildman–Crippen LogP) is 14.8. The minimum Gasteiger partial charge on any atom is -0.453 e. The van der Waals surface area contributed by atoms with Crippen LogP contribution in [-0.2, 0) is 21.7 Å². The van der Waals surface area contributed by atoms with Crippen molar-refractivity contribution in [3.8, 4) is 28.3 Å². The van der Waals surface area contributed by atoms with E-state index in [9.17, 15) is 0 Å². The Morgan fingerprint density at radius 3 is 1.73 bits per heavy atom. The maximum absolute atomic E-state index is 7.19. The highest BCUT2D eigenvalue weighted by Gasteiger charge is 2.49. The zero-order valence-electron chi connectivity index (χ0n) is 39.0. The highest BCUT2D eigenvalue weighted by Crippen LogP contribution is 2.58. The minimum absolute atomic E-state index is 0.0217. The first kappa shape index (κ1) is 39.6. The Kier molecular flexibility index (Phi) is 8.29. The molecule has 3 aliphatic heterocycles. The Bertz CT molecular complexity index is 3180. The van der Waals surface area contributed by atoms with E-state index in [1.807, 2.05) is 0 Å². The van der Waals surface area contributed by atoms with Gasteiger partial charge in [-0.15, -0.1) is 0 Å². The van der Waals surface area contributed by atoms with Gasteiger partial charge in [-0.25, -0.2) is 0 Å². The number of ether oxygens (including phenoxy) is 1. The van der Waals surface area contributed by atoms with Crippen LogP contribution in [0.5, 0.6) is 11.5 Å². The molecule has 7 aromatic carbocycles. The summed E-state index contributed by atoms with van der Waals surface area (Å²) in [6.45, 7) is 27.6. The molecule has 0 radical (unpaired) electrons. The molecule has 0 N–H and O–H groups in total. The number of anilines is 5. The number of para-hydroxylation sites is 2. The van der Waals surface area contributed by atoms with E-state index in [1.165, 1.54) is 77.5 Å². The van der Waals surface area contributed by atoms with Gasteiger partial charge in [-0.3, -0.25) is 0 Å². The van der Waals surface area contributed by atoms with Gasteiger partial charge in [0.2, 0.25) is 0 Å². The number of rotatable bonds is 2. The van der Waals surface area contributed by atoms with E-state index in [-0.39, 0.29) is 28.5 Å².